The number of aromatic amines is 1. The molecule has 1 aromatic carbocycles. The molecule has 1 fully saturated rings. The van der Waals surface area contributed by atoms with Crippen molar-refractivity contribution in [2.75, 3.05) is 18.0 Å². The van der Waals surface area contributed by atoms with Gasteiger partial charge in [-0.15, -0.1) is 0 Å². The molecule has 2 N–H and O–H groups in total. The van der Waals surface area contributed by atoms with Crippen molar-refractivity contribution < 1.29 is 14.3 Å². The van der Waals surface area contributed by atoms with Crippen LogP contribution in [-0.4, -0.2) is 51.4 Å². The number of ether oxygens (including phenoxy) is 1. The summed E-state index contributed by atoms with van der Waals surface area (Å²) in [6.07, 6.45) is 8.64. The standard InChI is InChI=1S/C27H24N6O3/c34-26(19-6-3-11-29-14-19)30-15-21-16-33(27(35)36-21)20-8-9-22-17(12-20)4-1-7-23-24(31-32-25(22)23)18-5-2-10-28-13-18/h2-3,5-6,8-14,21H,1,4,7,15-16H2,(H,30,34)(H,31,32)/t21-/m0/s1. The first-order valence-electron chi connectivity index (χ1n) is 11.9. The molecule has 2 amide bonds. The zero-order chi connectivity index (χ0) is 24.5. The first-order chi connectivity index (χ1) is 17.7. The van der Waals surface area contributed by atoms with E-state index < -0.39 is 12.2 Å². The first-order valence-corrected chi connectivity index (χ1v) is 11.9. The van der Waals surface area contributed by atoms with Gasteiger partial charge in [0.15, 0.2) is 0 Å². The second kappa shape index (κ2) is 9.26. The van der Waals surface area contributed by atoms with Gasteiger partial charge in [-0.1, -0.05) is 6.07 Å². The van der Waals surface area contributed by atoms with Gasteiger partial charge in [-0.25, -0.2) is 4.79 Å². The van der Waals surface area contributed by atoms with Crippen molar-refractivity contribution in [3.63, 3.8) is 0 Å². The van der Waals surface area contributed by atoms with Crippen LogP contribution in [0.15, 0.2) is 67.3 Å². The summed E-state index contributed by atoms with van der Waals surface area (Å²) in [6, 6.07) is 13.4. The maximum Gasteiger partial charge on any atom is 0.414 e. The number of hydrogen-bond acceptors (Lipinski definition) is 6. The highest BCUT2D eigenvalue weighted by Crippen LogP contribution is 2.38. The fourth-order valence-electron chi connectivity index (χ4n) is 4.87. The van der Waals surface area contributed by atoms with Gasteiger partial charge in [-0.2, -0.15) is 5.10 Å². The van der Waals surface area contributed by atoms with Crippen LogP contribution in [-0.2, 0) is 17.6 Å². The molecule has 6 rings (SSSR count). The molecule has 1 atom stereocenters. The largest absolute Gasteiger partial charge is 0.442 e. The van der Waals surface area contributed by atoms with E-state index in [1.165, 1.54) is 11.8 Å². The zero-order valence-electron chi connectivity index (χ0n) is 19.5. The van der Waals surface area contributed by atoms with Crippen molar-refractivity contribution in [2.24, 2.45) is 0 Å². The number of rotatable bonds is 5. The van der Waals surface area contributed by atoms with Gasteiger partial charge in [-0.05, 0) is 61.2 Å². The second-order valence-corrected chi connectivity index (χ2v) is 8.93. The summed E-state index contributed by atoms with van der Waals surface area (Å²) < 4.78 is 5.53. The first kappa shape index (κ1) is 22.0. The number of nitrogens with zero attached hydrogens (tertiary/aromatic N) is 4. The number of hydrogen-bond donors (Lipinski definition) is 2. The highest BCUT2D eigenvalue weighted by atomic mass is 16.6. The number of aromatic nitrogens is 4. The maximum absolute atomic E-state index is 12.7. The predicted molar refractivity (Wildman–Crippen MR) is 133 cm³/mol. The number of cyclic esters (lactones) is 1. The highest BCUT2D eigenvalue weighted by Gasteiger charge is 2.33. The predicted octanol–water partition coefficient (Wildman–Crippen LogP) is 3.78. The molecule has 1 saturated heterocycles. The third-order valence-electron chi connectivity index (χ3n) is 6.63. The molecule has 0 radical (unpaired) electrons. The maximum atomic E-state index is 12.7. The molecule has 2 aliphatic rings. The molecule has 180 valence electrons. The summed E-state index contributed by atoms with van der Waals surface area (Å²) in [5, 5.41) is 10.7. The fraction of sp³-hybridized carbons (Fsp3) is 0.222. The monoisotopic (exact) mass is 480 g/mol. The van der Waals surface area contributed by atoms with Crippen LogP contribution >= 0.6 is 0 Å². The summed E-state index contributed by atoms with van der Waals surface area (Å²) in [7, 11) is 0. The van der Waals surface area contributed by atoms with E-state index in [0.29, 0.717) is 12.1 Å². The normalized spacial score (nSPS) is 16.6. The lowest BCUT2D eigenvalue weighted by Gasteiger charge is -2.16. The number of H-pyrrole nitrogens is 1. The molecule has 9 nitrogen and oxygen atoms in total. The van der Waals surface area contributed by atoms with E-state index in [0.717, 1.165) is 53.0 Å². The molecule has 36 heavy (non-hydrogen) atoms. The van der Waals surface area contributed by atoms with E-state index in [-0.39, 0.29) is 12.5 Å². The fourth-order valence-corrected chi connectivity index (χ4v) is 4.87. The zero-order valence-corrected chi connectivity index (χ0v) is 19.5. The third-order valence-corrected chi connectivity index (χ3v) is 6.63. The quantitative estimate of drug-likeness (QED) is 0.450. The Bertz CT molecular complexity index is 1420. The minimum absolute atomic E-state index is 0.232. The number of amides is 2. The van der Waals surface area contributed by atoms with Crippen LogP contribution in [0.1, 0.15) is 27.9 Å². The Labute approximate surface area is 207 Å². The third kappa shape index (κ3) is 4.08. The van der Waals surface area contributed by atoms with Crippen molar-refractivity contribution >= 4 is 17.7 Å². The summed E-state index contributed by atoms with van der Waals surface area (Å²) >= 11 is 0. The summed E-state index contributed by atoms with van der Waals surface area (Å²) in [5.41, 5.74) is 7.67. The Hall–Kier alpha value is -4.53. The van der Waals surface area contributed by atoms with Crippen molar-refractivity contribution in [3.05, 3.63) is 83.9 Å². The Morgan fingerprint density at radius 1 is 1.11 bits per heavy atom. The van der Waals surface area contributed by atoms with E-state index in [1.54, 1.807) is 29.4 Å². The van der Waals surface area contributed by atoms with Gasteiger partial charge in [0.2, 0.25) is 0 Å². The Balaban J connectivity index is 1.19. The van der Waals surface area contributed by atoms with Gasteiger partial charge in [-0.3, -0.25) is 24.8 Å². The molecule has 0 spiro atoms. The molecule has 0 bridgehead atoms. The number of aryl methyl sites for hydroxylation is 1. The van der Waals surface area contributed by atoms with Gasteiger partial charge in [0.25, 0.3) is 5.91 Å². The summed E-state index contributed by atoms with van der Waals surface area (Å²) in [5.74, 6) is -0.247. The number of fused-ring (bicyclic) bond motifs is 3. The van der Waals surface area contributed by atoms with E-state index in [2.05, 4.69) is 31.5 Å². The number of nitrogens with one attached hydrogen (secondary N) is 2. The number of carbonyl (C=O) groups excluding carboxylic acids is 2. The van der Waals surface area contributed by atoms with Crippen LogP contribution in [0.3, 0.4) is 0 Å². The minimum Gasteiger partial charge on any atom is -0.442 e. The lowest BCUT2D eigenvalue weighted by Crippen LogP contribution is -2.34. The second-order valence-electron chi connectivity index (χ2n) is 8.93. The Morgan fingerprint density at radius 2 is 1.97 bits per heavy atom. The average molecular weight is 481 g/mol. The number of benzene rings is 1. The minimum atomic E-state index is -0.432. The van der Waals surface area contributed by atoms with Crippen LogP contribution < -0.4 is 10.2 Å². The molecule has 4 aromatic rings. The van der Waals surface area contributed by atoms with Crippen LogP contribution in [0.2, 0.25) is 0 Å². The Morgan fingerprint density at radius 3 is 2.78 bits per heavy atom. The van der Waals surface area contributed by atoms with Gasteiger partial charge >= 0.3 is 6.09 Å². The van der Waals surface area contributed by atoms with Gasteiger partial charge in [0.05, 0.1) is 30.0 Å². The van der Waals surface area contributed by atoms with Crippen molar-refractivity contribution in [1.82, 2.24) is 25.5 Å². The van der Waals surface area contributed by atoms with Gasteiger partial charge in [0.1, 0.15) is 6.10 Å². The summed E-state index contributed by atoms with van der Waals surface area (Å²) in [6.45, 7) is 0.598. The number of carbonyl (C=O) groups is 2. The van der Waals surface area contributed by atoms with Crippen LogP contribution in [0.5, 0.6) is 0 Å². The van der Waals surface area contributed by atoms with Crippen molar-refractivity contribution in [2.45, 2.75) is 25.4 Å². The van der Waals surface area contributed by atoms with E-state index in [1.807, 2.05) is 30.5 Å². The van der Waals surface area contributed by atoms with Crippen molar-refractivity contribution in [1.29, 1.82) is 0 Å². The van der Waals surface area contributed by atoms with Crippen LogP contribution in [0.25, 0.3) is 22.5 Å². The molecule has 1 aliphatic carbocycles. The average Bonchev–Trinajstić information content (AvgIpc) is 3.46. The van der Waals surface area contributed by atoms with E-state index in [9.17, 15) is 9.59 Å². The molecule has 1 aliphatic heterocycles. The van der Waals surface area contributed by atoms with Crippen LogP contribution in [0.4, 0.5) is 10.5 Å². The van der Waals surface area contributed by atoms with Crippen molar-refractivity contribution in [3.8, 4) is 22.5 Å². The lowest BCUT2D eigenvalue weighted by molar-refractivity contribution is 0.0915. The molecule has 9 heteroatoms. The summed E-state index contributed by atoms with van der Waals surface area (Å²) in [4.78, 5) is 34.8. The van der Waals surface area contributed by atoms with Gasteiger partial charge in [0, 0.05) is 47.2 Å². The van der Waals surface area contributed by atoms with E-state index >= 15 is 0 Å². The highest BCUT2D eigenvalue weighted by molar-refractivity contribution is 5.94. The number of anilines is 1. The molecular formula is C27H24N6O3. The lowest BCUT2D eigenvalue weighted by atomic mass is 9.99. The molecule has 0 unspecified atom stereocenters. The smallest absolute Gasteiger partial charge is 0.414 e. The Kier molecular flexibility index (Phi) is 5.65. The molecular weight excluding hydrogens is 456 g/mol. The van der Waals surface area contributed by atoms with Gasteiger partial charge < -0.3 is 10.1 Å². The molecule has 4 heterocycles. The SMILES string of the molecule is O=C(NC[C@H]1CN(c2ccc3c(c2)CCCc2c(-c4cccnc4)n[nH]c2-3)C(=O)O1)c1cccnc1. The molecule has 0 saturated carbocycles. The topological polar surface area (TPSA) is 113 Å². The van der Waals surface area contributed by atoms with E-state index in [4.69, 9.17) is 4.74 Å². The number of pyridine rings is 2. The van der Waals surface area contributed by atoms with Crippen LogP contribution in [0, 0.1) is 0 Å². The molecule has 3 aromatic heterocycles.